The summed E-state index contributed by atoms with van der Waals surface area (Å²) in [6.07, 6.45) is 0. The molecule has 0 spiro atoms. The van der Waals surface area contributed by atoms with E-state index in [-0.39, 0.29) is 17.3 Å². The highest BCUT2D eigenvalue weighted by atomic mass is 16.4. The number of amides is 1. The Balaban J connectivity index is 1.93. The van der Waals surface area contributed by atoms with Crippen LogP contribution in [0, 0.1) is 5.41 Å². The van der Waals surface area contributed by atoms with Crippen molar-refractivity contribution >= 4 is 23.3 Å². The first-order valence-electron chi connectivity index (χ1n) is 10.0. The lowest BCUT2D eigenvalue weighted by atomic mass is 9.86. The van der Waals surface area contributed by atoms with Crippen molar-refractivity contribution in [3.63, 3.8) is 0 Å². The van der Waals surface area contributed by atoms with Crippen LogP contribution in [0.15, 0.2) is 78.9 Å². The van der Waals surface area contributed by atoms with Crippen molar-refractivity contribution in [1.82, 2.24) is 0 Å². The highest BCUT2D eigenvalue weighted by Crippen LogP contribution is 2.24. The highest BCUT2D eigenvalue weighted by molar-refractivity contribution is 6.07. The van der Waals surface area contributed by atoms with Crippen LogP contribution in [-0.2, 0) is 6.54 Å². The molecule has 3 rings (SSSR count). The second-order valence-corrected chi connectivity index (χ2v) is 8.39. The van der Waals surface area contributed by atoms with Gasteiger partial charge in [-0.15, -0.1) is 0 Å². The molecule has 3 aromatic rings. The van der Waals surface area contributed by atoms with Gasteiger partial charge in [-0.05, 0) is 42.0 Å². The monoisotopic (exact) mass is 415 g/mol. The van der Waals surface area contributed by atoms with E-state index in [1.807, 2.05) is 51.1 Å². The smallest absolute Gasteiger partial charge is 0.335 e. The molecule has 1 amide bonds. The zero-order valence-electron chi connectivity index (χ0n) is 17.8. The Labute approximate surface area is 182 Å². The van der Waals surface area contributed by atoms with Crippen LogP contribution in [-0.4, -0.2) is 22.8 Å². The van der Waals surface area contributed by atoms with Gasteiger partial charge in [0.15, 0.2) is 5.78 Å². The molecule has 3 aromatic carbocycles. The number of anilines is 1. The summed E-state index contributed by atoms with van der Waals surface area (Å²) >= 11 is 0. The van der Waals surface area contributed by atoms with Gasteiger partial charge in [-0.2, -0.15) is 0 Å². The number of benzene rings is 3. The number of carbonyl (C=O) groups is 3. The van der Waals surface area contributed by atoms with Crippen molar-refractivity contribution in [2.24, 2.45) is 5.41 Å². The van der Waals surface area contributed by atoms with E-state index in [1.54, 1.807) is 41.3 Å². The summed E-state index contributed by atoms with van der Waals surface area (Å²) in [6, 6.07) is 22.4. The van der Waals surface area contributed by atoms with Gasteiger partial charge in [0, 0.05) is 22.2 Å². The summed E-state index contributed by atoms with van der Waals surface area (Å²) in [6.45, 7) is 5.90. The first-order valence-corrected chi connectivity index (χ1v) is 10.0. The molecular weight excluding hydrogens is 390 g/mol. The molecule has 0 aromatic heterocycles. The first-order chi connectivity index (χ1) is 14.7. The molecule has 0 aliphatic rings. The van der Waals surface area contributed by atoms with Crippen LogP contribution in [0.1, 0.15) is 57.4 Å². The summed E-state index contributed by atoms with van der Waals surface area (Å²) in [5.74, 6) is -1.25. The maximum atomic E-state index is 13.4. The molecule has 1 N–H and O–H groups in total. The molecule has 0 aliphatic carbocycles. The van der Waals surface area contributed by atoms with Gasteiger partial charge in [-0.3, -0.25) is 9.59 Å². The predicted octanol–water partition coefficient (Wildman–Crippen LogP) is 5.46. The van der Waals surface area contributed by atoms with Crippen LogP contribution >= 0.6 is 0 Å². The SMILES string of the molecule is CC(C)(C)C(=O)c1ccc(C(=O)N(Cc2ccccc2)c2ccc(C(=O)O)cc2)cc1. The number of hydrogen-bond donors (Lipinski definition) is 1. The van der Waals surface area contributed by atoms with Crippen molar-refractivity contribution < 1.29 is 19.5 Å². The molecule has 0 unspecified atom stereocenters. The molecule has 0 atom stereocenters. The summed E-state index contributed by atoms with van der Waals surface area (Å²) < 4.78 is 0. The second-order valence-electron chi connectivity index (χ2n) is 8.39. The van der Waals surface area contributed by atoms with Crippen LogP contribution in [0.5, 0.6) is 0 Å². The molecule has 5 heteroatoms. The number of carboxylic acid groups (broad SMARTS) is 1. The fourth-order valence-electron chi connectivity index (χ4n) is 3.18. The summed E-state index contributed by atoms with van der Waals surface area (Å²) in [5.41, 5.74) is 2.19. The standard InChI is InChI=1S/C26H25NO4/c1-26(2,3)23(28)19-9-11-20(12-10-19)24(29)27(17-18-7-5-4-6-8-18)22-15-13-21(14-16-22)25(30)31/h4-16H,17H2,1-3H3,(H,30,31). The number of carboxylic acids is 1. The lowest BCUT2D eigenvalue weighted by Crippen LogP contribution is -2.30. The minimum Gasteiger partial charge on any atom is -0.478 e. The van der Waals surface area contributed by atoms with E-state index in [4.69, 9.17) is 5.11 Å². The molecule has 0 heterocycles. The Hall–Kier alpha value is -3.73. The first kappa shape index (κ1) is 22.0. The third kappa shape index (κ3) is 5.25. The minimum absolute atomic E-state index is 0.0110. The Bertz CT molecular complexity index is 1080. The molecule has 0 aliphatic heterocycles. The number of hydrogen-bond acceptors (Lipinski definition) is 3. The van der Waals surface area contributed by atoms with Crippen molar-refractivity contribution in [3.8, 4) is 0 Å². The van der Waals surface area contributed by atoms with Crippen LogP contribution in [0.3, 0.4) is 0 Å². The predicted molar refractivity (Wildman–Crippen MR) is 121 cm³/mol. The number of aromatic carboxylic acids is 1. The van der Waals surface area contributed by atoms with Gasteiger partial charge in [0.25, 0.3) is 5.91 Å². The van der Waals surface area contributed by atoms with Gasteiger partial charge < -0.3 is 10.0 Å². The average molecular weight is 415 g/mol. The molecule has 0 fully saturated rings. The number of rotatable bonds is 6. The van der Waals surface area contributed by atoms with Crippen molar-refractivity contribution in [1.29, 1.82) is 0 Å². The number of carbonyl (C=O) groups excluding carboxylic acids is 2. The largest absolute Gasteiger partial charge is 0.478 e. The van der Waals surface area contributed by atoms with E-state index in [2.05, 4.69) is 0 Å². The van der Waals surface area contributed by atoms with Gasteiger partial charge in [-0.25, -0.2) is 4.79 Å². The van der Waals surface area contributed by atoms with Gasteiger partial charge in [0.05, 0.1) is 12.1 Å². The van der Waals surface area contributed by atoms with Crippen molar-refractivity contribution in [2.75, 3.05) is 4.90 Å². The van der Waals surface area contributed by atoms with E-state index in [1.165, 1.54) is 12.1 Å². The lowest BCUT2D eigenvalue weighted by Gasteiger charge is -2.24. The molecule has 0 saturated heterocycles. The van der Waals surface area contributed by atoms with Gasteiger partial charge in [0.1, 0.15) is 0 Å². The van der Waals surface area contributed by atoms with Crippen molar-refractivity contribution in [2.45, 2.75) is 27.3 Å². The highest BCUT2D eigenvalue weighted by Gasteiger charge is 2.24. The van der Waals surface area contributed by atoms with Crippen LogP contribution < -0.4 is 4.90 Å². The van der Waals surface area contributed by atoms with Crippen LogP contribution in [0.4, 0.5) is 5.69 Å². The Morgan fingerprint density at radius 3 is 1.77 bits per heavy atom. The van der Waals surface area contributed by atoms with Crippen LogP contribution in [0.25, 0.3) is 0 Å². The average Bonchev–Trinajstić information content (AvgIpc) is 2.77. The van der Waals surface area contributed by atoms with Crippen LogP contribution in [0.2, 0.25) is 0 Å². The number of Topliss-reactive ketones (excluding diaryl/α,β-unsaturated/α-hetero) is 1. The summed E-state index contributed by atoms with van der Waals surface area (Å²) in [5, 5.41) is 9.16. The van der Waals surface area contributed by atoms with E-state index in [0.717, 1.165) is 5.56 Å². The maximum Gasteiger partial charge on any atom is 0.335 e. The maximum absolute atomic E-state index is 13.4. The van der Waals surface area contributed by atoms with Gasteiger partial charge >= 0.3 is 5.97 Å². The van der Waals surface area contributed by atoms with E-state index in [9.17, 15) is 14.4 Å². The molecule has 158 valence electrons. The van der Waals surface area contributed by atoms with E-state index in [0.29, 0.717) is 23.4 Å². The molecule has 5 nitrogen and oxygen atoms in total. The van der Waals surface area contributed by atoms with Gasteiger partial charge in [0.2, 0.25) is 0 Å². The summed E-state index contributed by atoms with van der Waals surface area (Å²) in [4.78, 5) is 38.6. The quantitative estimate of drug-likeness (QED) is 0.543. The normalized spacial score (nSPS) is 11.1. The fraction of sp³-hybridized carbons (Fsp3) is 0.192. The number of nitrogens with zero attached hydrogens (tertiary/aromatic N) is 1. The Morgan fingerprint density at radius 2 is 1.26 bits per heavy atom. The lowest BCUT2D eigenvalue weighted by molar-refractivity contribution is 0.0696. The van der Waals surface area contributed by atoms with E-state index >= 15 is 0 Å². The molecular formula is C26H25NO4. The third-order valence-electron chi connectivity index (χ3n) is 4.93. The summed E-state index contributed by atoms with van der Waals surface area (Å²) in [7, 11) is 0. The molecule has 31 heavy (non-hydrogen) atoms. The molecule has 0 bridgehead atoms. The zero-order valence-corrected chi connectivity index (χ0v) is 17.8. The Morgan fingerprint density at radius 1 is 0.742 bits per heavy atom. The topological polar surface area (TPSA) is 74.7 Å². The second kappa shape index (κ2) is 8.96. The zero-order chi connectivity index (χ0) is 22.6. The molecule has 0 saturated carbocycles. The van der Waals surface area contributed by atoms with Crippen molar-refractivity contribution in [3.05, 3.63) is 101 Å². The minimum atomic E-state index is -1.02. The number of ketones is 1. The van der Waals surface area contributed by atoms with Gasteiger partial charge in [-0.1, -0.05) is 63.2 Å². The Kier molecular flexibility index (Phi) is 6.35. The van der Waals surface area contributed by atoms with E-state index < -0.39 is 11.4 Å². The molecule has 0 radical (unpaired) electrons. The third-order valence-corrected chi connectivity index (χ3v) is 4.93. The fourth-order valence-corrected chi connectivity index (χ4v) is 3.18.